The van der Waals surface area contributed by atoms with Crippen LogP contribution in [0.1, 0.15) is 43.0 Å². The van der Waals surface area contributed by atoms with Gasteiger partial charge in [0.05, 0.1) is 19.3 Å². The van der Waals surface area contributed by atoms with E-state index in [1.165, 1.54) is 0 Å². The number of nitrogens with zero attached hydrogens (tertiary/aromatic N) is 2. The van der Waals surface area contributed by atoms with Gasteiger partial charge in [-0.05, 0) is 57.8 Å². The van der Waals surface area contributed by atoms with Crippen molar-refractivity contribution in [2.75, 3.05) is 40.9 Å². The maximum Gasteiger partial charge on any atom is 0.260 e. The van der Waals surface area contributed by atoms with Crippen LogP contribution in [0.4, 0.5) is 0 Å². The number of nitrogens with one attached hydrogen (secondary N) is 1. The van der Waals surface area contributed by atoms with Crippen LogP contribution >= 0.6 is 0 Å². The van der Waals surface area contributed by atoms with Crippen LogP contribution in [0.2, 0.25) is 0 Å². The third kappa shape index (κ3) is 4.56. The fourth-order valence-corrected chi connectivity index (χ4v) is 4.25. The number of hydrogen-bond acceptors (Lipinski definition) is 5. The van der Waals surface area contributed by atoms with Crippen LogP contribution in [-0.2, 0) is 9.53 Å². The van der Waals surface area contributed by atoms with Gasteiger partial charge in [-0.25, -0.2) is 0 Å². The van der Waals surface area contributed by atoms with E-state index in [1.807, 2.05) is 31.1 Å². The molecule has 1 N–H and O–H groups in total. The fourth-order valence-electron chi connectivity index (χ4n) is 4.25. The number of ether oxygens (including phenoxy) is 2. The van der Waals surface area contributed by atoms with Gasteiger partial charge in [-0.15, -0.1) is 0 Å². The lowest BCUT2D eigenvalue weighted by molar-refractivity contribution is -0.127. The van der Waals surface area contributed by atoms with Crippen LogP contribution in [0.5, 0.6) is 5.75 Å². The highest BCUT2D eigenvalue weighted by Crippen LogP contribution is 2.43. The van der Waals surface area contributed by atoms with E-state index < -0.39 is 11.8 Å². The molecule has 2 amide bonds. The van der Waals surface area contributed by atoms with Crippen LogP contribution in [0.15, 0.2) is 24.3 Å². The van der Waals surface area contributed by atoms with Gasteiger partial charge >= 0.3 is 0 Å². The Morgan fingerprint density at radius 1 is 1.28 bits per heavy atom. The summed E-state index contributed by atoms with van der Waals surface area (Å²) in [5.41, 5.74) is -0.252. The molecule has 3 rings (SSSR count). The summed E-state index contributed by atoms with van der Waals surface area (Å²) >= 11 is 0. The molecule has 2 aliphatic rings. The number of amides is 2. The Hall–Kier alpha value is -2.12. The van der Waals surface area contributed by atoms with Gasteiger partial charge in [0.1, 0.15) is 17.5 Å². The van der Waals surface area contributed by atoms with Crippen molar-refractivity contribution in [3.8, 4) is 5.75 Å². The lowest BCUT2D eigenvalue weighted by atomic mass is 9.83. The maximum absolute atomic E-state index is 13.7. The predicted molar refractivity (Wildman–Crippen MR) is 111 cm³/mol. The van der Waals surface area contributed by atoms with Crippen molar-refractivity contribution in [3.05, 3.63) is 29.8 Å². The summed E-state index contributed by atoms with van der Waals surface area (Å²) in [4.78, 5) is 30.3. The summed E-state index contributed by atoms with van der Waals surface area (Å²) in [6.45, 7) is 3.72. The van der Waals surface area contributed by atoms with Crippen molar-refractivity contribution >= 4 is 11.8 Å². The van der Waals surface area contributed by atoms with Crippen molar-refractivity contribution in [3.63, 3.8) is 0 Å². The highest BCUT2D eigenvalue weighted by molar-refractivity contribution is 6.00. The Balaban J connectivity index is 1.88. The minimum atomic E-state index is -0.714. The molecule has 1 aromatic rings. The SMILES string of the molecule is COc1ccccc1C(=O)N1C(C(=O)NCCN(C)C)COC12CCC(C)CC2. The number of carbonyl (C=O) groups excluding carboxylic acids is 2. The topological polar surface area (TPSA) is 71.1 Å². The van der Waals surface area contributed by atoms with E-state index >= 15 is 0 Å². The van der Waals surface area contributed by atoms with Gasteiger partial charge in [0.15, 0.2) is 0 Å². The largest absolute Gasteiger partial charge is 0.496 e. The molecule has 7 nitrogen and oxygen atoms in total. The molecule has 1 saturated carbocycles. The number of methoxy groups -OCH3 is 1. The second-order valence-corrected chi connectivity index (χ2v) is 8.43. The maximum atomic E-state index is 13.7. The standard InChI is InChI=1S/C22H33N3O4/c1-16-9-11-22(12-10-16)25(21(27)17-7-5-6-8-19(17)28-4)18(15-29-22)20(26)23-13-14-24(2)3/h5-8,16,18H,9-15H2,1-4H3,(H,23,26). The van der Waals surface area contributed by atoms with Crippen molar-refractivity contribution in [2.45, 2.75) is 44.4 Å². The van der Waals surface area contributed by atoms with Crippen molar-refractivity contribution in [1.82, 2.24) is 15.1 Å². The fraction of sp³-hybridized carbons (Fsp3) is 0.636. The number of likely N-dealkylation sites (N-methyl/N-ethyl adjacent to an activating group) is 1. The third-order valence-corrected chi connectivity index (χ3v) is 6.03. The lowest BCUT2D eigenvalue weighted by Gasteiger charge is -2.43. The van der Waals surface area contributed by atoms with E-state index in [1.54, 1.807) is 24.1 Å². The molecule has 2 fully saturated rings. The molecule has 1 heterocycles. The molecule has 0 radical (unpaired) electrons. The summed E-state index contributed by atoms with van der Waals surface area (Å²) in [5, 5.41) is 2.97. The zero-order chi connectivity index (χ0) is 21.0. The molecule has 1 unspecified atom stereocenters. The highest BCUT2D eigenvalue weighted by Gasteiger charge is 2.53. The van der Waals surface area contributed by atoms with E-state index in [2.05, 4.69) is 12.2 Å². The molecular weight excluding hydrogens is 370 g/mol. The number of rotatable bonds is 6. The van der Waals surface area contributed by atoms with Crippen LogP contribution in [-0.4, -0.2) is 74.3 Å². The Morgan fingerprint density at radius 2 is 1.97 bits per heavy atom. The minimum absolute atomic E-state index is 0.161. The predicted octanol–water partition coefficient (Wildman–Crippen LogP) is 2.12. The van der Waals surface area contributed by atoms with Crippen molar-refractivity contribution < 1.29 is 19.1 Å². The Labute approximate surface area is 173 Å². The number of hydrogen-bond donors (Lipinski definition) is 1. The molecule has 0 bridgehead atoms. The third-order valence-electron chi connectivity index (χ3n) is 6.03. The smallest absolute Gasteiger partial charge is 0.260 e. The average Bonchev–Trinajstić information content (AvgIpc) is 3.08. The Kier molecular flexibility index (Phi) is 6.80. The monoisotopic (exact) mass is 403 g/mol. The Morgan fingerprint density at radius 3 is 2.62 bits per heavy atom. The number of carbonyl (C=O) groups is 2. The number of para-hydroxylation sites is 1. The van der Waals surface area contributed by atoms with Crippen LogP contribution in [0.3, 0.4) is 0 Å². The first kappa shape index (κ1) is 21.6. The van der Waals surface area contributed by atoms with E-state index in [9.17, 15) is 9.59 Å². The number of benzene rings is 1. The van der Waals surface area contributed by atoms with E-state index in [4.69, 9.17) is 9.47 Å². The molecule has 1 atom stereocenters. The lowest BCUT2D eigenvalue weighted by Crippen LogP contribution is -2.57. The van der Waals surface area contributed by atoms with Gasteiger partial charge in [-0.2, -0.15) is 0 Å². The van der Waals surface area contributed by atoms with Gasteiger partial charge < -0.3 is 19.7 Å². The van der Waals surface area contributed by atoms with Gasteiger partial charge in [0.2, 0.25) is 5.91 Å². The second kappa shape index (κ2) is 9.13. The first-order valence-corrected chi connectivity index (χ1v) is 10.4. The summed E-state index contributed by atoms with van der Waals surface area (Å²) < 4.78 is 11.6. The summed E-state index contributed by atoms with van der Waals surface area (Å²) in [5.74, 6) is 0.740. The van der Waals surface area contributed by atoms with Gasteiger partial charge in [0.25, 0.3) is 5.91 Å². The van der Waals surface area contributed by atoms with Crippen LogP contribution in [0.25, 0.3) is 0 Å². The molecule has 1 aliphatic heterocycles. The first-order valence-electron chi connectivity index (χ1n) is 10.4. The quantitative estimate of drug-likeness (QED) is 0.788. The molecular formula is C22H33N3O4. The molecule has 1 spiro atoms. The van der Waals surface area contributed by atoms with E-state index in [-0.39, 0.29) is 18.4 Å². The Bertz CT molecular complexity index is 729. The second-order valence-electron chi connectivity index (χ2n) is 8.43. The van der Waals surface area contributed by atoms with Gasteiger partial charge in [0, 0.05) is 13.1 Å². The highest BCUT2D eigenvalue weighted by atomic mass is 16.5. The molecule has 1 aliphatic carbocycles. The van der Waals surface area contributed by atoms with Crippen LogP contribution < -0.4 is 10.1 Å². The average molecular weight is 404 g/mol. The first-order chi connectivity index (χ1) is 13.9. The van der Waals surface area contributed by atoms with E-state index in [0.717, 1.165) is 32.2 Å². The summed E-state index contributed by atoms with van der Waals surface area (Å²) in [7, 11) is 5.47. The molecule has 7 heteroatoms. The molecule has 1 saturated heterocycles. The summed E-state index contributed by atoms with van der Waals surface area (Å²) in [6, 6.07) is 6.53. The van der Waals surface area contributed by atoms with Crippen molar-refractivity contribution in [1.29, 1.82) is 0 Å². The van der Waals surface area contributed by atoms with Crippen LogP contribution in [0, 0.1) is 5.92 Å². The van der Waals surface area contributed by atoms with Gasteiger partial charge in [-0.1, -0.05) is 19.1 Å². The minimum Gasteiger partial charge on any atom is -0.496 e. The normalized spacial score (nSPS) is 26.7. The van der Waals surface area contributed by atoms with E-state index in [0.29, 0.717) is 23.8 Å². The zero-order valence-electron chi connectivity index (χ0n) is 17.9. The van der Waals surface area contributed by atoms with Crippen molar-refractivity contribution in [2.24, 2.45) is 5.92 Å². The molecule has 1 aromatic carbocycles. The zero-order valence-corrected chi connectivity index (χ0v) is 17.9. The molecule has 0 aromatic heterocycles. The molecule has 160 valence electrons. The molecule has 29 heavy (non-hydrogen) atoms. The van der Waals surface area contributed by atoms with Gasteiger partial charge in [-0.3, -0.25) is 14.5 Å². The summed E-state index contributed by atoms with van der Waals surface area (Å²) in [6.07, 6.45) is 3.45.